The standard InChI is InChI=1S/C11H19N3O/c12-5-6-14(7-8-15)9-10-1-3-11(13)4-2-10/h1-4,15H,5-9,12-13H2. The molecule has 5 N–H and O–H groups in total. The Morgan fingerprint density at radius 2 is 1.80 bits per heavy atom. The van der Waals surface area contributed by atoms with E-state index in [0.29, 0.717) is 13.1 Å². The van der Waals surface area contributed by atoms with Crippen LogP contribution in [0, 0.1) is 0 Å². The first-order chi connectivity index (χ1) is 7.26. The zero-order valence-electron chi connectivity index (χ0n) is 8.89. The Morgan fingerprint density at radius 1 is 1.13 bits per heavy atom. The second-order valence-corrected chi connectivity index (χ2v) is 3.53. The van der Waals surface area contributed by atoms with Gasteiger partial charge in [0.25, 0.3) is 0 Å². The molecule has 84 valence electrons. The lowest BCUT2D eigenvalue weighted by Gasteiger charge is -2.20. The number of aliphatic hydroxyl groups is 1. The summed E-state index contributed by atoms with van der Waals surface area (Å²) >= 11 is 0. The van der Waals surface area contributed by atoms with E-state index in [1.54, 1.807) is 0 Å². The lowest BCUT2D eigenvalue weighted by Crippen LogP contribution is -2.31. The first-order valence-corrected chi connectivity index (χ1v) is 5.14. The molecule has 0 aliphatic rings. The van der Waals surface area contributed by atoms with E-state index in [9.17, 15) is 0 Å². The van der Waals surface area contributed by atoms with Crippen LogP contribution in [-0.2, 0) is 6.54 Å². The molecule has 1 aromatic carbocycles. The van der Waals surface area contributed by atoms with E-state index in [2.05, 4.69) is 4.90 Å². The summed E-state index contributed by atoms with van der Waals surface area (Å²) in [5.41, 5.74) is 13.1. The number of rotatable bonds is 6. The predicted octanol–water partition coefficient (Wildman–Crippen LogP) is 0.0218. The number of nitrogens with zero attached hydrogens (tertiary/aromatic N) is 1. The summed E-state index contributed by atoms with van der Waals surface area (Å²) in [6, 6.07) is 7.76. The van der Waals surface area contributed by atoms with Gasteiger partial charge in [0.1, 0.15) is 0 Å². The van der Waals surface area contributed by atoms with Gasteiger partial charge in [-0.2, -0.15) is 0 Å². The number of hydrogen-bond donors (Lipinski definition) is 3. The van der Waals surface area contributed by atoms with E-state index in [-0.39, 0.29) is 6.61 Å². The van der Waals surface area contributed by atoms with Gasteiger partial charge in [-0.3, -0.25) is 4.90 Å². The molecule has 4 heteroatoms. The van der Waals surface area contributed by atoms with Crippen molar-refractivity contribution >= 4 is 5.69 Å². The van der Waals surface area contributed by atoms with Gasteiger partial charge in [0.15, 0.2) is 0 Å². The van der Waals surface area contributed by atoms with Crippen molar-refractivity contribution < 1.29 is 5.11 Å². The van der Waals surface area contributed by atoms with Crippen molar-refractivity contribution in [2.75, 3.05) is 32.0 Å². The zero-order valence-corrected chi connectivity index (χ0v) is 8.89. The van der Waals surface area contributed by atoms with Gasteiger partial charge in [0, 0.05) is 31.9 Å². The summed E-state index contributed by atoms with van der Waals surface area (Å²) in [6.07, 6.45) is 0. The third-order valence-electron chi connectivity index (χ3n) is 2.25. The molecule has 0 atom stereocenters. The van der Waals surface area contributed by atoms with Crippen molar-refractivity contribution in [2.24, 2.45) is 5.73 Å². The Labute approximate surface area is 90.5 Å². The molecule has 0 aliphatic carbocycles. The molecule has 0 spiro atoms. The summed E-state index contributed by atoms with van der Waals surface area (Å²) in [6.45, 7) is 3.02. The lowest BCUT2D eigenvalue weighted by atomic mass is 10.2. The number of aliphatic hydroxyl groups excluding tert-OH is 1. The molecule has 4 nitrogen and oxygen atoms in total. The highest BCUT2D eigenvalue weighted by Gasteiger charge is 2.03. The van der Waals surface area contributed by atoms with Crippen molar-refractivity contribution in [1.82, 2.24) is 4.90 Å². The summed E-state index contributed by atoms with van der Waals surface area (Å²) in [7, 11) is 0. The minimum absolute atomic E-state index is 0.162. The number of nitrogens with two attached hydrogens (primary N) is 2. The molecular formula is C11H19N3O. The van der Waals surface area contributed by atoms with Crippen molar-refractivity contribution in [1.29, 1.82) is 0 Å². The average molecular weight is 209 g/mol. The molecule has 0 radical (unpaired) electrons. The summed E-state index contributed by atoms with van der Waals surface area (Å²) in [5.74, 6) is 0. The van der Waals surface area contributed by atoms with Crippen LogP contribution in [0.4, 0.5) is 5.69 Å². The molecule has 0 bridgehead atoms. The summed E-state index contributed by atoms with van der Waals surface area (Å²) < 4.78 is 0. The quantitative estimate of drug-likeness (QED) is 0.577. The smallest absolute Gasteiger partial charge is 0.0558 e. The molecule has 0 saturated carbocycles. The SMILES string of the molecule is NCCN(CCO)Cc1ccc(N)cc1. The Balaban J connectivity index is 2.53. The molecule has 1 rings (SSSR count). The van der Waals surface area contributed by atoms with Crippen LogP contribution in [0.25, 0.3) is 0 Å². The zero-order chi connectivity index (χ0) is 11.1. The fourth-order valence-electron chi connectivity index (χ4n) is 1.48. The van der Waals surface area contributed by atoms with Gasteiger partial charge in [0.05, 0.1) is 6.61 Å². The normalized spacial score (nSPS) is 10.9. The molecule has 0 heterocycles. The van der Waals surface area contributed by atoms with E-state index in [1.165, 1.54) is 5.56 Å². The number of benzene rings is 1. The Morgan fingerprint density at radius 3 is 2.33 bits per heavy atom. The van der Waals surface area contributed by atoms with E-state index in [0.717, 1.165) is 18.8 Å². The Kier molecular flexibility index (Phi) is 5.10. The largest absolute Gasteiger partial charge is 0.399 e. The van der Waals surface area contributed by atoms with Gasteiger partial charge in [-0.05, 0) is 17.7 Å². The Bertz CT molecular complexity index is 268. The number of anilines is 1. The van der Waals surface area contributed by atoms with E-state index in [4.69, 9.17) is 16.6 Å². The molecule has 0 unspecified atom stereocenters. The van der Waals surface area contributed by atoms with Gasteiger partial charge < -0.3 is 16.6 Å². The maximum atomic E-state index is 8.88. The lowest BCUT2D eigenvalue weighted by molar-refractivity contribution is 0.194. The predicted molar refractivity (Wildman–Crippen MR) is 62.3 cm³/mol. The molecule has 0 saturated heterocycles. The van der Waals surface area contributed by atoms with Gasteiger partial charge in [0.2, 0.25) is 0 Å². The minimum Gasteiger partial charge on any atom is -0.399 e. The molecule has 1 aromatic rings. The molecule has 0 aliphatic heterocycles. The maximum Gasteiger partial charge on any atom is 0.0558 e. The molecule has 0 fully saturated rings. The van der Waals surface area contributed by atoms with Crippen molar-refractivity contribution in [3.8, 4) is 0 Å². The van der Waals surface area contributed by atoms with Crippen LogP contribution >= 0.6 is 0 Å². The van der Waals surface area contributed by atoms with Gasteiger partial charge >= 0.3 is 0 Å². The average Bonchev–Trinajstić information content (AvgIpc) is 2.22. The fourth-order valence-corrected chi connectivity index (χ4v) is 1.48. The van der Waals surface area contributed by atoms with Crippen LogP contribution in [0.5, 0.6) is 0 Å². The minimum atomic E-state index is 0.162. The molecular weight excluding hydrogens is 190 g/mol. The van der Waals surface area contributed by atoms with Crippen LogP contribution in [0.2, 0.25) is 0 Å². The van der Waals surface area contributed by atoms with Gasteiger partial charge in [-0.1, -0.05) is 12.1 Å². The topological polar surface area (TPSA) is 75.5 Å². The van der Waals surface area contributed by atoms with Crippen LogP contribution in [0.1, 0.15) is 5.56 Å². The summed E-state index contributed by atoms with van der Waals surface area (Å²) in [4.78, 5) is 2.12. The summed E-state index contributed by atoms with van der Waals surface area (Å²) in [5, 5.41) is 8.88. The highest BCUT2D eigenvalue weighted by Crippen LogP contribution is 2.08. The van der Waals surface area contributed by atoms with E-state index < -0.39 is 0 Å². The molecule has 0 amide bonds. The fraction of sp³-hybridized carbons (Fsp3) is 0.455. The highest BCUT2D eigenvalue weighted by atomic mass is 16.3. The molecule has 15 heavy (non-hydrogen) atoms. The van der Waals surface area contributed by atoms with Gasteiger partial charge in [-0.25, -0.2) is 0 Å². The van der Waals surface area contributed by atoms with E-state index in [1.807, 2.05) is 24.3 Å². The third-order valence-corrected chi connectivity index (χ3v) is 2.25. The maximum absolute atomic E-state index is 8.88. The second kappa shape index (κ2) is 6.40. The number of hydrogen-bond acceptors (Lipinski definition) is 4. The first kappa shape index (κ1) is 12.0. The first-order valence-electron chi connectivity index (χ1n) is 5.14. The monoisotopic (exact) mass is 209 g/mol. The van der Waals surface area contributed by atoms with Crippen molar-refractivity contribution in [3.63, 3.8) is 0 Å². The third kappa shape index (κ3) is 4.29. The number of nitrogen functional groups attached to an aromatic ring is 1. The van der Waals surface area contributed by atoms with E-state index >= 15 is 0 Å². The molecule has 0 aromatic heterocycles. The van der Waals surface area contributed by atoms with Crippen molar-refractivity contribution in [3.05, 3.63) is 29.8 Å². The highest BCUT2D eigenvalue weighted by molar-refractivity contribution is 5.39. The van der Waals surface area contributed by atoms with Crippen LogP contribution in [0.3, 0.4) is 0 Å². The van der Waals surface area contributed by atoms with Crippen LogP contribution in [0.15, 0.2) is 24.3 Å². The van der Waals surface area contributed by atoms with Crippen LogP contribution in [-0.4, -0.2) is 36.2 Å². The Hall–Kier alpha value is -1.10. The second-order valence-electron chi connectivity index (χ2n) is 3.53. The van der Waals surface area contributed by atoms with Crippen molar-refractivity contribution in [2.45, 2.75) is 6.54 Å². The van der Waals surface area contributed by atoms with Gasteiger partial charge in [-0.15, -0.1) is 0 Å². The van der Waals surface area contributed by atoms with Crippen LogP contribution < -0.4 is 11.5 Å².